The standard InChI is InChI=1S/C18H23NS/c1-13-10-11-18(20-13)14(2)19-12-16-8-5-7-15-6-3-4-9-17(15)16/h3-4,6,9-11,14,16,19H,5,7-8,12H2,1-2H3. The lowest BCUT2D eigenvalue weighted by Crippen LogP contribution is -2.26. The summed E-state index contributed by atoms with van der Waals surface area (Å²) in [7, 11) is 0. The van der Waals surface area contributed by atoms with Crippen LogP contribution in [0.4, 0.5) is 0 Å². The van der Waals surface area contributed by atoms with Crippen LogP contribution in [0.1, 0.15) is 52.6 Å². The Morgan fingerprint density at radius 1 is 1.25 bits per heavy atom. The zero-order valence-electron chi connectivity index (χ0n) is 12.4. The molecule has 0 radical (unpaired) electrons. The van der Waals surface area contributed by atoms with Gasteiger partial charge in [-0.2, -0.15) is 0 Å². The van der Waals surface area contributed by atoms with Crippen LogP contribution in [0.2, 0.25) is 0 Å². The van der Waals surface area contributed by atoms with Gasteiger partial charge in [0.05, 0.1) is 0 Å². The maximum Gasteiger partial charge on any atom is 0.0386 e. The lowest BCUT2D eigenvalue weighted by atomic mass is 9.83. The molecule has 1 N–H and O–H groups in total. The largest absolute Gasteiger partial charge is 0.309 e. The third-order valence-corrected chi connectivity index (χ3v) is 5.54. The molecule has 1 aliphatic carbocycles. The highest BCUT2D eigenvalue weighted by atomic mass is 32.1. The van der Waals surface area contributed by atoms with Crippen molar-refractivity contribution in [3.8, 4) is 0 Å². The Labute approximate surface area is 126 Å². The smallest absolute Gasteiger partial charge is 0.0386 e. The van der Waals surface area contributed by atoms with Crippen LogP contribution in [-0.4, -0.2) is 6.54 Å². The van der Waals surface area contributed by atoms with Crippen LogP contribution >= 0.6 is 11.3 Å². The summed E-state index contributed by atoms with van der Waals surface area (Å²) in [4.78, 5) is 2.85. The molecule has 0 saturated heterocycles. The van der Waals surface area contributed by atoms with Gasteiger partial charge in [0.2, 0.25) is 0 Å². The first-order valence-corrected chi connectivity index (χ1v) is 8.43. The molecule has 0 spiro atoms. The van der Waals surface area contributed by atoms with E-state index in [1.807, 2.05) is 11.3 Å². The maximum atomic E-state index is 3.73. The minimum absolute atomic E-state index is 0.461. The van der Waals surface area contributed by atoms with Crippen molar-refractivity contribution in [3.05, 3.63) is 57.3 Å². The van der Waals surface area contributed by atoms with Gasteiger partial charge in [0.25, 0.3) is 0 Å². The fourth-order valence-corrected chi connectivity index (χ4v) is 4.08. The molecule has 0 aliphatic heterocycles. The van der Waals surface area contributed by atoms with Crippen molar-refractivity contribution >= 4 is 11.3 Å². The van der Waals surface area contributed by atoms with Gasteiger partial charge >= 0.3 is 0 Å². The second kappa shape index (κ2) is 6.11. The summed E-state index contributed by atoms with van der Waals surface area (Å²) in [6, 6.07) is 13.9. The molecule has 0 amide bonds. The minimum Gasteiger partial charge on any atom is -0.309 e. The van der Waals surface area contributed by atoms with Crippen molar-refractivity contribution in [2.45, 2.75) is 45.1 Å². The number of thiophene rings is 1. The molecule has 2 atom stereocenters. The molecule has 0 saturated carbocycles. The fourth-order valence-electron chi connectivity index (χ4n) is 3.17. The monoisotopic (exact) mass is 285 g/mol. The van der Waals surface area contributed by atoms with Crippen LogP contribution in [0.5, 0.6) is 0 Å². The van der Waals surface area contributed by atoms with Gasteiger partial charge in [0.1, 0.15) is 0 Å². The predicted molar refractivity (Wildman–Crippen MR) is 87.6 cm³/mol. The van der Waals surface area contributed by atoms with Gasteiger partial charge in [-0.15, -0.1) is 11.3 Å². The number of hydrogen-bond donors (Lipinski definition) is 1. The van der Waals surface area contributed by atoms with E-state index in [9.17, 15) is 0 Å². The van der Waals surface area contributed by atoms with Crippen molar-refractivity contribution in [1.29, 1.82) is 0 Å². The molecule has 1 aromatic heterocycles. The molecule has 3 rings (SSSR count). The van der Waals surface area contributed by atoms with Crippen LogP contribution in [0.25, 0.3) is 0 Å². The Hall–Kier alpha value is -1.12. The molecule has 1 nitrogen and oxygen atoms in total. The molecule has 2 aromatic rings. The maximum absolute atomic E-state index is 3.73. The predicted octanol–water partition coefficient (Wildman–Crippen LogP) is 4.83. The number of benzene rings is 1. The number of nitrogens with one attached hydrogen (secondary N) is 1. The van der Waals surface area contributed by atoms with Crippen molar-refractivity contribution < 1.29 is 0 Å². The number of hydrogen-bond acceptors (Lipinski definition) is 2. The Bertz CT molecular complexity index is 572. The second-order valence-corrected chi connectivity index (χ2v) is 7.19. The fraction of sp³-hybridized carbons (Fsp3) is 0.444. The van der Waals surface area contributed by atoms with E-state index in [4.69, 9.17) is 0 Å². The number of rotatable bonds is 4. The SMILES string of the molecule is Cc1ccc(C(C)NCC2CCCc3ccccc32)s1. The molecule has 1 heterocycles. The van der Waals surface area contributed by atoms with Gasteiger partial charge in [0, 0.05) is 22.3 Å². The third kappa shape index (κ3) is 2.97. The summed E-state index contributed by atoms with van der Waals surface area (Å²) in [5.74, 6) is 0.684. The first kappa shape index (κ1) is 13.8. The van der Waals surface area contributed by atoms with Gasteiger partial charge in [-0.05, 0) is 62.3 Å². The normalized spacial score (nSPS) is 19.6. The third-order valence-electron chi connectivity index (χ3n) is 4.35. The highest BCUT2D eigenvalue weighted by Crippen LogP contribution is 2.31. The van der Waals surface area contributed by atoms with Crippen LogP contribution < -0.4 is 5.32 Å². The minimum atomic E-state index is 0.461. The van der Waals surface area contributed by atoms with Gasteiger partial charge in [-0.25, -0.2) is 0 Å². The first-order valence-electron chi connectivity index (χ1n) is 7.61. The summed E-state index contributed by atoms with van der Waals surface area (Å²) in [6.07, 6.45) is 3.91. The zero-order chi connectivity index (χ0) is 13.9. The van der Waals surface area contributed by atoms with Crippen molar-refractivity contribution in [3.63, 3.8) is 0 Å². The van der Waals surface area contributed by atoms with Crippen LogP contribution in [0.15, 0.2) is 36.4 Å². The van der Waals surface area contributed by atoms with E-state index in [1.54, 1.807) is 11.1 Å². The van der Waals surface area contributed by atoms with Crippen LogP contribution in [-0.2, 0) is 6.42 Å². The van der Waals surface area contributed by atoms with Crippen molar-refractivity contribution in [2.75, 3.05) is 6.54 Å². The van der Waals surface area contributed by atoms with E-state index in [0.717, 1.165) is 6.54 Å². The first-order chi connectivity index (χ1) is 9.74. The van der Waals surface area contributed by atoms with E-state index in [0.29, 0.717) is 12.0 Å². The lowest BCUT2D eigenvalue weighted by molar-refractivity contribution is 0.476. The summed E-state index contributed by atoms with van der Waals surface area (Å²) in [5, 5.41) is 3.73. The van der Waals surface area contributed by atoms with Gasteiger partial charge < -0.3 is 5.32 Å². The topological polar surface area (TPSA) is 12.0 Å². The summed E-state index contributed by atoms with van der Waals surface area (Å²) >= 11 is 1.91. The van der Waals surface area contributed by atoms with Crippen molar-refractivity contribution in [1.82, 2.24) is 5.32 Å². The van der Waals surface area contributed by atoms with E-state index >= 15 is 0 Å². The second-order valence-electron chi connectivity index (χ2n) is 5.87. The van der Waals surface area contributed by atoms with Gasteiger partial charge in [0.15, 0.2) is 0 Å². The Kier molecular flexibility index (Phi) is 4.23. The molecule has 2 heteroatoms. The molecule has 1 aromatic carbocycles. The van der Waals surface area contributed by atoms with E-state index in [2.05, 4.69) is 55.6 Å². The van der Waals surface area contributed by atoms with E-state index in [1.165, 1.54) is 29.0 Å². The quantitative estimate of drug-likeness (QED) is 0.848. The average molecular weight is 285 g/mol. The van der Waals surface area contributed by atoms with Gasteiger partial charge in [-0.3, -0.25) is 0 Å². The summed E-state index contributed by atoms with van der Waals surface area (Å²) in [6.45, 7) is 5.55. The van der Waals surface area contributed by atoms with E-state index < -0.39 is 0 Å². The summed E-state index contributed by atoms with van der Waals surface area (Å²) in [5.41, 5.74) is 3.13. The molecule has 1 aliphatic rings. The Morgan fingerprint density at radius 3 is 2.90 bits per heavy atom. The molecular formula is C18H23NS. The molecule has 20 heavy (non-hydrogen) atoms. The van der Waals surface area contributed by atoms with E-state index in [-0.39, 0.29) is 0 Å². The highest BCUT2D eigenvalue weighted by molar-refractivity contribution is 7.12. The Balaban J connectivity index is 1.65. The molecule has 2 unspecified atom stereocenters. The van der Waals surface area contributed by atoms with Crippen molar-refractivity contribution in [2.24, 2.45) is 0 Å². The molecule has 106 valence electrons. The summed E-state index contributed by atoms with van der Waals surface area (Å²) < 4.78 is 0. The van der Waals surface area contributed by atoms with Crippen LogP contribution in [0.3, 0.4) is 0 Å². The number of fused-ring (bicyclic) bond motifs is 1. The van der Waals surface area contributed by atoms with Gasteiger partial charge in [-0.1, -0.05) is 24.3 Å². The Morgan fingerprint density at radius 2 is 2.10 bits per heavy atom. The zero-order valence-corrected chi connectivity index (χ0v) is 13.2. The lowest BCUT2D eigenvalue weighted by Gasteiger charge is -2.27. The van der Waals surface area contributed by atoms with Crippen LogP contribution in [0, 0.1) is 6.92 Å². The molecular weight excluding hydrogens is 262 g/mol. The average Bonchev–Trinajstić information content (AvgIpc) is 2.91. The molecule has 0 bridgehead atoms. The molecule has 0 fully saturated rings. The highest BCUT2D eigenvalue weighted by Gasteiger charge is 2.20. The number of aryl methyl sites for hydroxylation is 2.